The fraction of sp³-hybridized carbons (Fsp3) is 0.357. The first-order valence-corrected chi connectivity index (χ1v) is 6.57. The lowest BCUT2D eigenvalue weighted by molar-refractivity contribution is 0.142. The third-order valence-corrected chi connectivity index (χ3v) is 3.77. The zero-order valence-corrected chi connectivity index (χ0v) is 11.3. The smallest absolute Gasteiger partial charge is 0.407 e. The van der Waals surface area contributed by atoms with Gasteiger partial charge in [0.1, 0.15) is 5.75 Å². The van der Waals surface area contributed by atoms with Gasteiger partial charge in [-0.15, -0.1) is 0 Å². The predicted octanol–water partition coefficient (Wildman–Crippen LogP) is 1.98. The summed E-state index contributed by atoms with van der Waals surface area (Å²) < 4.78 is 5.34. The van der Waals surface area contributed by atoms with E-state index in [9.17, 15) is 4.79 Å². The minimum absolute atomic E-state index is 0.535. The molecular formula is C14H17N3O3. The molecule has 1 aromatic carbocycles. The normalized spacial score (nSPS) is 15.7. The first-order chi connectivity index (χ1) is 9.70. The second-order valence-corrected chi connectivity index (χ2v) is 4.81. The summed E-state index contributed by atoms with van der Waals surface area (Å²) in [4.78, 5) is 17.8. The average molecular weight is 275 g/mol. The summed E-state index contributed by atoms with van der Waals surface area (Å²) in [6, 6.07) is 6.00. The van der Waals surface area contributed by atoms with Crippen molar-refractivity contribution in [3.63, 3.8) is 0 Å². The van der Waals surface area contributed by atoms with E-state index >= 15 is 0 Å². The maximum atomic E-state index is 10.9. The van der Waals surface area contributed by atoms with Crippen molar-refractivity contribution in [2.75, 3.05) is 38.2 Å². The summed E-state index contributed by atoms with van der Waals surface area (Å²) in [7, 11) is 1.65. The fourth-order valence-corrected chi connectivity index (χ4v) is 2.70. The number of H-pyrrole nitrogens is 1. The molecule has 0 aliphatic carbocycles. The average Bonchev–Trinajstić information content (AvgIpc) is 2.95. The molecule has 6 heteroatoms. The van der Waals surface area contributed by atoms with E-state index < -0.39 is 6.09 Å². The number of methoxy groups -OCH3 is 1. The van der Waals surface area contributed by atoms with Crippen molar-refractivity contribution in [2.45, 2.75) is 0 Å². The molecule has 20 heavy (non-hydrogen) atoms. The van der Waals surface area contributed by atoms with Crippen LogP contribution in [0.25, 0.3) is 10.9 Å². The molecule has 1 aliphatic rings. The molecule has 0 bridgehead atoms. The van der Waals surface area contributed by atoms with Gasteiger partial charge in [0.05, 0.1) is 12.6 Å². The number of rotatable bonds is 2. The third-order valence-electron chi connectivity index (χ3n) is 3.77. The van der Waals surface area contributed by atoms with Crippen molar-refractivity contribution in [3.8, 4) is 5.75 Å². The van der Waals surface area contributed by atoms with Gasteiger partial charge in [0.2, 0.25) is 0 Å². The molecule has 1 saturated heterocycles. The van der Waals surface area contributed by atoms with Crippen molar-refractivity contribution in [1.82, 2.24) is 9.88 Å². The second-order valence-electron chi connectivity index (χ2n) is 4.81. The predicted molar refractivity (Wildman–Crippen MR) is 76.7 cm³/mol. The molecule has 2 N–H and O–H groups in total. The summed E-state index contributed by atoms with van der Waals surface area (Å²) in [5.74, 6) is 0.818. The van der Waals surface area contributed by atoms with E-state index in [1.807, 2.05) is 24.4 Å². The molecule has 1 fully saturated rings. The third kappa shape index (κ3) is 2.03. The van der Waals surface area contributed by atoms with E-state index in [0.717, 1.165) is 22.3 Å². The van der Waals surface area contributed by atoms with E-state index in [-0.39, 0.29) is 0 Å². The van der Waals surface area contributed by atoms with Crippen molar-refractivity contribution in [1.29, 1.82) is 0 Å². The number of ether oxygens (including phenoxy) is 1. The van der Waals surface area contributed by atoms with Crippen molar-refractivity contribution >= 4 is 22.7 Å². The Bertz CT molecular complexity index is 630. The van der Waals surface area contributed by atoms with E-state index in [1.54, 1.807) is 7.11 Å². The van der Waals surface area contributed by atoms with Crippen LogP contribution < -0.4 is 9.64 Å². The summed E-state index contributed by atoms with van der Waals surface area (Å²) in [6.07, 6.45) is 1.05. The van der Waals surface area contributed by atoms with Crippen LogP contribution in [0, 0.1) is 0 Å². The van der Waals surface area contributed by atoms with Crippen LogP contribution in [0.5, 0.6) is 5.75 Å². The molecule has 0 saturated carbocycles. The monoisotopic (exact) mass is 275 g/mol. The number of nitrogens with zero attached hydrogens (tertiary/aromatic N) is 2. The van der Waals surface area contributed by atoms with Crippen LogP contribution in [0.15, 0.2) is 24.4 Å². The van der Waals surface area contributed by atoms with E-state index in [0.29, 0.717) is 26.2 Å². The lowest BCUT2D eigenvalue weighted by Gasteiger charge is -2.35. The standard InChI is InChI=1S/C14H17N3O3/c1-20-12-3-2-11(10-4-5-15-13(10)12)16-6-8-17(9-7-16)14(18)19/h2-5,15H,6-9H2,1H3,(H,18,19). The second kappa shape index (κ2) is 4.96. The van der Waals surface area contributed by atoms with Crippen molar-refractivity contribution < 1.29 is 14.6 Å². The van der Waals surface area contributed by atoms with Gasteiger partial charge < -0.3 is 24.6 Å². The quantitative estimate of drug-likeness (QED) is 0.879. The number of aromatic amines is 1. The number of amides is 1. The molecule has 1 amide bonds. The maximum absolute atomic E-state index is 10.9. The van der Waals surface area contributed by atoms with Gasteiger partial charge in [-0.1, -0.05) is 0 Å². The molecule has 0 radical (unpaired) electrons. The summed E-state index contributed by atoms with van der Waals surface area (Å²) in [5.41, 5.74) is 2.10. The van der Waals surface area contributed by atoms with Gasteiger partial charge in [-0.05, 0) is 18.2 Å². The van der Waals surface area contributed by atoms with Crippen molar-refractivity contribution in [2.24, 2.45) is 0 Å². The Kier molecular flexibility index (Phi) is 3.14. The zero-order valence-electron chi connectivity index (χ0n) is 11.3. The number of carboxylic acid groups (broad SMARTS) is 1. The van der Waals surface area contributed by atoms with Gasteiger partial charge in [-0.2, -0.15) is 0 Å². The molecule has 2 aromatic rings. The summed E-state index contributed by atoms with van der Waals surface area (Å²) >= 11 is 0. The highest BCUT2D eigenvalue weighted by atomic mass is 16.5. The number of carbonyl (C=O) groups is 1. The first-order valence-electron chi connectivity index (χ1n) is 6.57. The van der Waals surface area contributed by atoms with Gasteiger partial charge in [-0.3, -0.25) is 0 Å². The molecule has 0 unspecified atom stereocenters. The highest BCUT2D eigenvalue weighted by Crippen LogP contribution is 2.33. The summed E-state index contributed by atoms with van der Waals surface area (Å²) in [6.45, 7) is 2.48. The van der Waals surface area contributed by atoms with E-state index in [1.165, 1.54) is 4.90 Å². The topological polar surface area (TPSA) is 68.8 Å². The number of fused-ring (bicyclic) bond motifs is 1. The number of nitrogens with one attached hydrogen (secondary N) is 1. The van der Waals surface area contributed by atoms with Gasteiger partial charge in [0.15, 0.2) is 0 Å². The Hall–Kier alpha value is -2.37. The van der Waals surface area contributed by atoms with Crippen molar-refractivity contribution in [3.05, 3.63) is 24.4 Å². The Balaban J connectivity index is 1.88. The molecule has 3 rings (SSSR count). The van der Waals surface area contributed by atoms with Crippen LogP contribution in [0.2, 0.25) is 0 Å². The molecule has 2 heterocycles. The van der Waals surface area contributed by atoms with Crippen LogP contribution in [0.4, 0.5) is 10.5 Å². The van der Waals surface area contributed by atoms with E-state index in [2.05, 4.69) is 9.88 Å². The Labute approximate surface area is 116 Å². The van der Waals surface area contributed by atoms with Crippen LogP contribution >= 0.6 is 0 Å². The number of anilines is 1. The van der Waals surface area contributed by atoms with E-state index in [4.69, 9.17) is 9.84 Å². The molecule has 1 aliphatic heterocycles. The first kappa shape index (κ1) is 12.7. The lowest BCUT2D eigenvalue weighted by atomic mass is 10.1. The molecule has 1 aromatic heterocycles. The highest BCUT2D eigenvalue weighted by molar-refractivity contribution is 5.96. The molecule has 106 valence electrons. The zero-order chi connectivity index (χ0) is 14.1. The lowest BCUT2D eigenvalue weighted by Crippen LogP contribution is -2.48. The number of hydrogen-bond donors (Lipinski definition) is 2. The van der Waals surface area contributed by atoms with Gasteiger partial charge in [-0.25, -0.2) is 4.79 Å². The molecule has 0 spiro atoms. The Morgan fingerprint density at radius 2 is 2.00 bits per heavy atom. The van der Waals surface area contributed by atoms with Crippen LogP contribution in [-0.2, 0) is 0 Å². The van der Waals surface area contributed by atoms with Crippen LogP contribution in [0.1, 0.15) is 0 Å². The molecular weight excluding hydrogens is 258 g/mol. The minimum Gasteiger partial charge on any atom is -0.495 e. The number of aromatic nitrogens is 1. The van der Waals surface area contributed by atoms with Gasteiger partial charge in [0.25, 0.3) is 0 Å². The van der Waals surface area contributed by atoms with Gasteiger partial charge >= 0.3 is 6.09 Å². The maximum Gasteiger partial charge on any atom is 0.407 e. The fourth-order valence-electron chi connectivity index (χ4n) is 2.70. The highest BCUT2D eigenvalue weighted by Gasteiger charge is 2.22. The largest absolute Gasteiger partial charge is 0.495 e. The minimum atomic E-state index is -0.842. The van der Waals surface area contributed by atoms with Crippen LogP contribution in [0.3, 0.4) is 0 Å². The Morgan fingerprint density at radius 1 is 1.25 bits per heavy atom. The number of hydrogen-bond acceptors (Lipinski definition) is 3. The van der Waals surface area contributed by atoms with Crippen LogP contribution in [-0.4, -0.2) is 54.4 Å². The molecule has 0 atom stereocenters. The SMILES string of the molecule is COc1ccc(N2CCN(C(=O)O)CC2)c2cc[nH]c12. The van der Waals surface area contributed by atoms with Gasteiger partial charge in [0, 0.05) is 43.4 Å². The number of benzene rings is 1. The molecule has 6 nitrogen and oxygen atoms in total. The Morgan fingerprint density at radius 3 is 2.65 bits per heavy atom. The number of piperazine rings is 1. The summed E-state index contributed by atoms with van der Waals surface area (Å²) in [5, 5.41) is 10.1.